The molecule has 3 aromatic rings. The zero-order valence-corrected chi connectivity index (χ0v) is 15.6. The summed E-state index contributed by atoms with van der Waals surface area (Å²) in [5.41, 5.74) is 1.24. The van der Waals surface area contributed by atoms with Gasteiger partial charge in [-0.2, -0.15) is 0 Å². The largest absolute Gasteiger partial charge is 0.475 e. The number of rotatable bonds is 5. The molecule has 2 aromatic carbocycles. The maximum Gasteiger partial charge on any atom is 0.373 e. The Kier molecular flexibility index (Phi) is 9.05. The fraction of sp³-hybridized carbons (Fsp3) is 0.0526. The van der Waals surface area contributed by atoms with Gasteiger partial charge in [-0.1, -0.05) is 0 Å². The zero-order valence-electron chi connectivity index (χ0n) is 14.8. The molecule has 0 atom stereocenters. The van der Waals surface area contributed by atoms with Gasteiger partial charge in [0.15, 0.2) is 0 Å². The molecule has 0 saturated carbocycles. The molecule has 0 aliphatic carbocycles. The molecule has 0 aliphatic rings. The minimum absolute atomic E-state index is 0. The molecule has 9 heteroatoms. The number of nitrogens with one attached hydrogen (secondary N) is 2. The van der Waals surface area contributed by atoms with Crippen LogP contribution < -0.4 is 10.1 Å². The van der Waals surface area contributed by atoms with Gasteiger partial charge in [0.2, 0.25) is 5.82 Å². The fourth-order valence-corrected chi connectivity index (χ4v) is 1.95. The third-order valence-electron chi connectivity index (χ3n) is 3.19. The molecule has 7 nitrogen and oxygen atoms in total. The van der Waals surface area contributed by atoms with Crippen LogP contribution in [0.3, 0.4) is 0 Å². The lowest BCUT2D eigenvalue weighted by Gasteiger charge is -2.07. The van der Waals surface area contributed by atoms with Gasteiger partial charge in [-0.3, -0.25) is 5.41 Å². The first kappa shape index (κ1) is 22.5. The molecular formula is C19H18ClFN4O3. The van der Waals surface area contributed by atoms with Crippen LogP contribution in [0.15, 0.2) is 60.8 Å². The van der Waals surface area contributed by atoms with E-state index in [1.54, 1.807) is 37.4 Å². The summed E-state index contributed by atoms with van der Waals surface area (Å²) in [5, 5.41) is 17.6. The van der Waals surface area contributed by atoms with Crippen LogP contribution in [-0.2, 0) is 0 Å². The molecule has 0 amide bonds. The second-order valence-electron chi connectivity index (χ2n) is 5.08. The minimum atomic E-state index is -1.18. The van der Waals surface area contributed by atoms with Crippen molar-refractivity contribution in [3.05, 3.63) is 72.4 Å². The fourth-order valence-electron chi connectivity index (χ4n) is 1.95. The monoisotopic (exact) mass is 404 g/mol. The molecule has 3 rings (SSSR count). The molecule has 1 aromatic heterocycles. The van der Waals surface area contributed by atoms with Gasteiger partial charge in [-0.25, -0.2) is 19.2 Å². The van der Waals surface area contributed by atoms with Crippen molar-refractivity contribution in [1.29, 1.82) is 5.41 Å². The number of ether oxygens (including phenoxy) is 1. The van der Waals surface area contributed by atoms with Crippen LogP contribution in [0.4, 0.5) is 4.39 Å². The Morgan fingerprint density at radius 3 is 2.14 bits per heavy atom. The summed E-state index contributed by atoms with van der Waals surface area (Å²) < 4.78 is 18.4. The summed E-state index contributed by atoms with van der Waals surface area (Å²) in [6.07, 6.45) is 2.52. The van der Waals surface area contributed by atoms with Gasteiger partial charge in [-0.05, 0) is 54.6 Å². The number of benzene rings is 2. The number of hydrogen-bond acceptors (Lipinski definition) is 5. The van der Waals surface area contributed by atoms with E-state index in [1.807, 2.05) is 0 Å². The Hall–Kier alpha value is -3.52. The molecule has 0 spiro atoms. The van der Waals surface area contributed by atoms with Gasteiger partial charge in [-0.15, -0.1) is 12.4 Å². The van der Waals surface area contributed by atoms with Crippen LogP contribution in [0.5, 0.6) is 11.5 Å². The van der Waals surface area contributed by atoms with Crippen LogP contribution in [0, 0.1) is 11.2 Å². The van der Waals surface area contributed by atoms with E-state index in [0.717, 1.165) is 11.9 Å². The van der Waals surface area contributed by atoms with Crippen LogP contribution >= 0.6 is 12.4 Å². The van der Waals surface area contributed by atoms with E-state index in [4.69, 9.17) is 15.3 Å². The first-order valence-electron chi connectivity index (χ1n) is 7.80. The highest BCUT2D eigenvalue weighted by Crippen LogP contribution is 2.25. The van der Waals surface area contributed by atoms with Crippen LogP contribution in [0.2, 0.25) is 0 Å². The van der Waals surface area contributed by atoms with Crippen molar-refractivity contribution in [1.82, 2.24) is 15.3 Å². The van der Waals surface area contributed by atoms with Gasteiger partial charge in [0, 0.05) is 18.8 Å². The second-order valence-corrected chi connectivity index (χ2v) is 5.08. The van der Waals surface area contributed by atoms with Gasteiger partial charge < -0.3 is 15.2 Å². The maximum atomic E-state index is 12.8. The van der Waals surface area contributed by atoms with E-state index in [9.17, 15) is 9.18 Å². The summed E-state index contributed by atoms with van der Waals surface area (Å²) in [6, 6.07) is 14.3. The standard InChI is InChI=1S/C17H11FN2O3.C2H6N2.ClH/c18-12-3-7-14(8-4-12)23-13-5-1-11(2-6-13)15-9-10-19-16(20-15)17(21)22;1-4-2-3;/h1-10H,(H,21,22);2H,1H3,(H2,3,4);1H. The number of carboxylic acid groups (broad SMARTS) is 1. The number of carboxylic acids is 1. The number of hydrogen-bond donors (Lipinski definition) is 3. The van der Waals surface area contributed by atoms with E-state index in [0.29, 0.717) is 17.2 Å². The zero-order chi connectivity index (χ0) is 19.6. The van der Waals surface area contributed by atoms with E-state index >= 15 is 0 Å². The normalized spacial score (nSPS) is 9.21. The van der Waals surface area contributed by atoms with Gasteiger partial charge in [0.1, 0.15) is 17.3 Å². The molecule has 0 radical (unpaired) electrons. The topological polar surface area (TPSA) is 108 Å². The molecular weight excluding hydrogens is 387 g/mol. The summed E-state index contributed by atoms with van der Waals surface area (Å²) in [4.78, 5) is 18.5. The van der Waals surface area contributed by atoms with Crippen molar-refractivity contribution in [2.24, 2.45) is 0 Å². The molecule has 0 bridgehead atoms. The average Bonchev–Trinajstić information content (AvgIpc) is 2.70. The molecule has 0 aliphatic heterocycles. The van der Waals surface area contributed by atoms with Gasteiger partial charge in [0.25, 0.3) is 0 Å². The summed E-state index contributed by atoms with van der Waals surface area (Å²) in [6.45, 7) is 0. The smallest absolute Gasteiger partial charge is 0.373 e. The van der Waals surface area contributed by atoms with E-state index < -0.39 is 5.97 Å². The quantitative estimate of drug-likeness (QED) is 0.438. The number of halogens is 2. The Morgan fingerprint density at radius 2 is 1.64 bits per heavy atom. The Morgan fingerprint density at radius 1 is 1.11 bits per heavy atom. The third kappa shape index (κ3) is 6.65. The number of nitrogens with zero attached hydrogens (tertiary/aromatic N) is 2. The maximum absolute atomic E-state index is 12.8. The summed E-state index contributed by atoms with van der Waals surface area (Å²) in [7, 11) is 1.69. The lowest BCUT2D eigenvalue weighted by atomic mass is 10.1. The highest BCUT2D eigenvalue weighted by molar-refractivity contribution is 5.85. The Labute approximate surface area is 167 Å². The van der Waals surface area contributed by atoms with Crippen molar-refractivity contribution >= 4 is 24.7 Å². The molecule has 0 unspecified atom stereocenters. The van der Waals surface area contributed by atoms with Crippen molar-refractivity contribution in [2.75, 3.05) is 7.05 Å². The van der Waals surface area contributed by atoms with Crippen molar-refractivity contribution in [2.45, 2.75) is 0 Å². The lowest BCUT2D eigenvalue weighted by Crippen LogP contribution is -2.04. The first-order valence-corrected chi connectivity index (χ1v) is 7.80. The van der Waals surface area contributed by atoms with Crippen LogP contribution in [-0.4, -0.2) is 34.4 Å². The lowest BCUT2D eigenvalue weighted by molar-refractivity contribution is 0.0683. The molecule has 28 heavy (non-hydrogen) atoms. The minimum Gasteiger partial charge on any atom is -0.475 e. The summed E-state index contributed by atoms with van der Waals surface area (Å²) in [5.74, 6) is -0.662. The Bertz CT molecular complexity index is 906. The third-order valence-corrected chi connectivity index (χ3v) is 3.19. The number of carbonyl (C=O) groups is 1. The Balaban J connectivity index is 0.000000717. The van der Waals surface area contributed by atoms with Gasteiger partial charge >= 0.3 is 5.97 Å². The predicted molar refractivity (Wildman–Crippen MR) is 106 cm³/mol. The van der Waals surface area contributed by atoms with Gasteiger partial charge in [0.05, 0.1) is 12.0 Å². The molecule has 0 saturated heterocycles. The molecule has 1 heterocycles. The first-order chi connectivity index (χ1) is 13.0. The highest BCUT2D eigenvalue weighted by Gasteiger charge is 2.08. The molecule has 146 valence electrons. The van der Waals surface area contributed by atoms with Crippen LogP contribution in [0.1, 0.15) is 10.6 Å². The van der Waals surface area contributed by atoms with E-state index in [2.05, 4.69) is 15.3 Å². The number of aromatic nitrogens is 2. The SMILES string of the molecule is CNC=N.Cl.O=C(O)c1nccc(-c2ccc(Oc3ccc(F)cc3)cc2)n1. The predicted octanol–water partition coefficient (Wildman–Crippen LogP) is 4.01. The summed E-state index contributed by atoms with van der Waals surface area (Å²) >= 11 is 0. The van der Waals surface area contributed by atoms with Crippen molar-refractivity contribution in [3.63, 3.8) is 0 Å². The number of aromatic carboxylic acids is 1. The second kappa shape index (κ2) is 11.2. The molecule has 0 fully saturated rings. The molecule has 3 N–H and O–H groups in total. The highest BCUT2D eigenvalue weighted by atomic mass is 35.5. The van der Waals surface area contributed by atoms with Crippen LogP contribution in [0.25, 0.3) is 11.3 Å². The average molecular weight is 405 g/mol. The van der Waals surface area contributed by atoms with E-state index in [-0.39, 0.29) is 24.0 Å². The van der Waals surface area contributed by atoms with Crippen molar-refractivity contribution < 1.29 is 19.0 Å². The van der Waals surface area contributed by atoms with Crippen molar-refractivity contribution in [3.8, 4) is 22.8 Å². The van der Waals surface area contributed by atoms with E-state index in [1.165, 1.54) is 30.5 Å².